The van der Waals surface area contributed by atoms with Crippen LogP contribution in [0.1, 0.15) is 19.3 Å². The minimum absolute atomic E-state index is 0.642. The van der Waals surface area contributed by atoms with Crippen LogP contribution < -0.4 is 0 Å². The van der Waals surface area contributed by atoms with E-state index >= 15 is 0 Å². The molecule has 0 saturated carbocycles. The topological polar surface area (TPSA) is 47.9 Å². The second-order valence-electron chi connectivity index (χ2n) is 7.20. The molecular weight excluding hydrogens is 475 g/mol. The number of hydrogen-bond acceptors (Lipinski definition) is 4. The Bertz CT molecular complexity index is 513. The van der Waals surface area contributed by atoms with Crippen molar-refractivity contribution in [3.05, 3.63) is 0 Å². The van der Waals surface area contributed by atoms with E-state index in [-0.39, 0.29) is 0 Å². The van der Waals surface area contributed by atoms with Crippen LogP contribution in [0.15, 0.2) is 0 Å². The van der Waals surface area contributed by atoms with Gasteiger partial charge in [-0.1, -0.05) is 0 Å². The van der Waals surface area contributed by atoms with Crippen LogP contribution in [-0.4, -0.2) is 56.1 Å². The lowest BCUT2D eigenvalue weighted by Gasteiger charge is -2.40. The maximum atomic E-state index is 12.7. The van der Waals surface area contributed by atoms with Crippen molar-refractivity contribution in [2.75, 3.05) is 7.11 Å². The first-order chi connectivity index (χ1) is 12.6. The van der Waals surface area contributed by atoms with Gasteiger partial charge in [-0.25, -0.2) is 0 Å². The van der Waals surface area contributed by atoms with E-state index in [1.807, 2.05) is 0 Å². The molecular formula is C13H25F9O4Si3. The molecule has 16 heteroatoms. The monoisotopic (exact) mass is 500 g/mol. The fourth-order valence-electron chi connectivity index (χ4n) is 2.40. The number of hydrogen-bond donors (Lipinski definition) is 1. The zero-order valence-corrected chi connectivity index (χ0v) is 19.3. The lowest BCUT2D eigenvalue weighted by molar-refractivity contribution is -0.132. The van der Waals surface area contributed by atoms with Crippen LogP contribution in [0.2, 0.25) is 37.8 Å². The molecule has 3 unspecified atom stereocenters. The largest absolute Gasteiger partial charge is 0.415 e. The molecule has 0 aliphatic rings. The van der Waals surface area contributed by atoms with E-state index in [0.717, 1.165) is 20.2 Å². The number of alkyl halides is 9. The summed E-state index contributed by atoms with van der Waals surface area (Å²) in [5, 5.41) is 0. The zero-order valence-electron chi connectivity index (χ0n) is 16.3. The highest BCUT2D eigenvalue weighted by molar-refractivity contribution is 6.85. The highest BCUT2D eigenvalue weighted by atomic mass is 28.5. The van der Waals surface area contributed by atoms with Crippen molar-refractivity contribution in [2.24, 2.45) is 0 Å². The van der Waals surface area contributed by atoms with E-state index in [2.05, 4.69) is 0 Å². The molecule has 0 amide bonds. The highest BCUT2D eigenvalue weighted by Gasteiger charge is 2.50. The van der Waals surface area contributed by atoms with Crippen LogP contribution in [0.3, 0.4) is 0 Å². The van der Waals surface area contributed by atoms with Gasteiger partial charge in [0.1, 0.15) is 0 Å². The first-order valence-electron chi connectivity index (χ1n) is 8.47. The Morgan fingerprint density at radius 1 is 0.621 bits per heavy atom. The third-order valence-corrected chi connectivity index (χ3v) is 15.2. The third kappa shape index (κ3) is 14.5. The van der Waals surface area contributed by atoms with Gasteiger partial charge in [-0.05, 0) is 37.8 Å². The first-order valence-corrected chi connectivity index (χ1v) is 16.1. The second kappa shape index (κ2) is 9.99. The Labute approximate surface area is 166 Å². The van der Waals surface area contributed by atoms with Gasteiger partial charge >= 0.3 is 44.2 Å². The average Bonchev–Trinajstić information content (AvgIpc) is 2.47. The Hall–Kier alpha value is -0.139. The van der Waals surface area contributed by atoms with Crippen LogP contribution in [0.25, 0.3) is 0 Å². The summed E-state index contributed by atoms with van der Waals surface area (Å²) in [4.78, 5) is 10.3. The summed E-state index contributed by atoms with van der Waals surface area (Å²) < 4.78 is 129. The Morgan fingerprint density at radius 2 is 0.966 bits per heavy atom. The third-order valence-electron chi connectivity index (χ3n) is 3.90. The molecule has 0 spiro atoms. The van der Waals surface area contributed by atoms with E-state index in [9.17, 15) is 44.3 Å². The molecule has 0 bridgehead atoms. The van der Waals surface area contributed by atoms with E-state index in [4.69, 9.17) is 12.7 Å². The van der Waals surface area contributed by atoms with Crippen molar-refractivity contribution < 1.29 is 57.0 Å². The fourth-order valence-corrected chi connectivity index (χ4v) is 14.7. The van der Waals surface area contributed by atoms with Crippen molar-refractivity contribution in [3.8, 4) is 0 Å². The zero-order chi connectivity index (χ0) is 23.4. The first kappa shape index (κ1) is 28.9. The molecule has 0 rings (SSSR count). The van der Waals surface area contributed by atoms with Crippen LogP contribution in [0, 0.1) is 0 Å². The smallest absolute Gasteiger partial charge is 0.389 e. The summed E-state index contributed by atoms with van der Waals surface area (Å²) in [5.41, 5.74) is 0. The summed E-state index contributed by atoms with van der Waals surface area (Å²) >= 11 is 0. The normalized spacial score (nSPS) is 20.1. The molecule has 0 saturated heterocycles. The van der Waals surface area contributed by atoms with Gasteiger partial charge in [0.15, 0.2) is 0 Å². The van der Waals surface area contributed by atoms with Gasteiger partial charge < -0.3 is 17.5 Å². The van der Waals surface area contributed by atoms with Crippen LogP contribution in [0.4, 0.5) is 39.5 Å². The van der Waals surface area contributed by atoms with Crippen molar-refractivity contribution in [3.63, 3.8) is 0 Å². The lowest BCUT2D eigenvalue weighted by Crippen LogP contribution is -2.57. The second-order valence-corrected chi connectivity index (χ2v) is 17.6. The maximum Gasteiger partial charge on any atom is 0.389 e. The van der Waals surface area contributed by atoms with Gasteiger partial charge in [-0.3, -0.25) is 0 Å². The molecule has 1 N–H and O–H groups in total. The molecule has 0 aromatic rings. The Kier molecular flexibility index (Phi) is 9.94. The predicted molar refractivity (Wildman–Crippen MR) is 92.7 cm³/mol. The van der Waals surface area contributed by atoms with Gasteiger partial charge in [-0.2, -0.15) is 39.5 Å². The summed E-state index contributed by atoms with van der Waals surface area (Å²) in [6.07, 6.45) is -18.0. The minimum atomic E-state index is -4.66. The molecule has 0 aliphatic heterocycles. The number of halogens is 9. The quantitative estimate of drug-likeness (QED) is 0.291. The molecule has 3 atom stereocenters. The molecule has 0 aromatic heterocycles. The van der Waals surface area contributed by atoms with Crippen LogP contribution >= 0.6 is 0 Å². The molecule has 0 aromatic carbocycles. The number of rotatable bonds is 11. The van der Waals surface area contributed by atoms with Crippen LogP contribution in [0.5, 0.6) is 0 Å². The lowest BCUT2D eigenvalue weighted by atomic mass is 10.5. The van der Waals surface area contributed by atoms with E-state index in [0.29, 0.717) is 0 Å². The molecule has 29 heavy (non-hydrogen) atoms. The van der Waals surface area contributed by atoms with Crippen molar-refractivity contribution in [2.45, 2.75) is 75.6 Å². The highest BCUT2D eigenvalue weighted by Crippen LogP contribution is 2.35. The standard InChI is InChI=1S/C13H25F9O4Si3/c1-24-28(3,9-6-12(17,18)19)26-29(4,10-7-13(20,21)22)25-27(2,23)8-5-11(14,15)16/h23H,5-10H2,1-4H3. The molecule has 0 heterocycles. The average molecular weight is 501 g/mol. The minimum Gasteiger partial charge on any atom is -0.415 e. The molecule has 0 radical (unpaired) electrons. The van der Waals surface area contributed by atoms with Gasteiger partial charge in [0.2, 0.25) is 0 Å². The summed E-state index contributed by atoms with van der Waals surface area (Å²) in [6.45, 7) is 3.26. The molecule has 0 aliphatic carbocycles. The molecule has 4 nitrogen and oxygen atoms in total. The maximum absolute atomic E-state index is 12.7. The van der Waals surface area contributed by atoms with Crippen molar-refractivity contribution in [1.29, 1.82) is 0 Å². The Morgan fingerprint density at radius 3 is 1.31 bits per heavy atom. The Balaban J connectivity index is 5.52. The van der Waals surface area contributed by atoms with Gasteiger partial charge in [0.25, 0.3) is 0 Å². The SMILES string of the molecule is CO[Si](C)(CCC(F)(F)F)O[Si](C)(CCC(F)(F)F)O[Si](C)(O)CCC(F)(F)F. The molecule has 0 fully saturated rings. The predicted octanol–water partition coefficient (Wildman–Crippen LogP) is 5.73. The van der Waals surface area contributed by atoms with Crippen molar-refractivity contribution >= 4 is 25.7 Å². The van der Waals surface area contributed by atoms with E-state index < -0.39 is 81.6 Å². The van der Waals surface area contributed by atoms with Gasteiger partial charge in [0, 0.05) is 26.4 Å². The van der Waals surface area contributed by atoms with Crippen molar-refractivity contribution in [1.82, 2.24) is 0 Å². The fraction of sp³-hybridized carbons (Fsp3) is 1.00. The van der Waals surface area contributed by atoms with Gasteiger partial charge in [0.05, 0.1) is 0 Å². The van der Waals surface area contributed by atoms with Crippen LogP contribution in [-0.2, 0) is 12.7 Å². The van der Waals surface area contributed by atoms with Gasteiger partial charge in [-0.15, -0.1) is 0 Å². The summed E-state index contributed by atoms with van der Waals surface area (Å²) in [7, 11) is -10.8. The molecule has 176 valence electrons. The summed E-state index contributed by atoms with van der Waals surface area (Å²) in [5.74, 6) is 0. The van der Waals surface area contributed by atoms with E-state index in [1.54, 1.807) is 0 Å². The summed E-state index contributed by atoms with van der Waals surface area (Å²) in [6, 6.07) is -2.29. The van der Waals surface area contributed by atoms with E-state index in [1.165, 1.54) is 6.55 Å².